The van der Waals surface area contributed by atoms with Crippen molar-refractivity contribution >= 4 is 21.4 Å². The molecule has 0 bridgehead atoms. The molecule has 1 aliphatic rings. The van der Waals surface area contributed by atoms with Crippen molar-refractivity contribution in [3.8, 4) is 0 Å². The highest BCUT2D eigenvalue weighted by molar-refractivity contribution is 7.89. The molecule has 6 heteroatoms. The summed E-state index contributed by atoms with van der Waals surface area (Å²) in [6, 6.07) is 11.4. The maximum atomic E-state index is 11.7. The normalized spacial score (nSPS) is 17.7. The zero-order valence-corrected chi connectivity index (χ0v) is 13.9. The summed E-state index contributed by atoms with van der Waals surface area (Å²) in [5.41, 5.74) is 0.876. The first-order valence-electron chi connectivity index (χ1n) is 7.40. The van der Waals surface area contributed by atoms with E-state index in [2.05, 4.69) is 22.4 Å². The number of rotatable bonds is 4. The highest BCUT2D eigenvalue weighted by atomic mass is 32.2. The molecule has 118 valence electrons. The van der Waals surface area contributed by atoms with Crippen LogP contribution in [0.15, 0.2) is 46.7 Å². The van der Waals surface area contributed by atoms with Gasteiger partial charge < -0.3 is 0 Å². The number of benzene rings is 1. The Bertz CT molecular complexity index is 718. The maximum absolute atomic E-state index is 11.7. The molecule has 0 atom stereocenters. The lowest BCUT2D eigenvalue weighted by molar-refractivity contribution is 0.205. The minimum atomic E-state index is -3.65. The molecule has 4 nitrogen and oxygen atoms in total. The van der Waals surface area contributed by atoms with Gasteiger partial charge in [0.2, 0.25) is 10.0 Å². The monoisotopic (exact) mass is 336 g/mol. The van der Waals surface area contributed by atoms with Crippen molar-refractivity contribution in [1.29, 1.82) is 0 Å². The SMILES string of the molecule is NS(=O)(=O)c1ccccc1C1CCN(Cc2cccs2)CC1. The molecular formula is C16H20N2O2S2. The van der Waals surface area contributed by atoms with Gasteiger partial charge in [-0.3, -0.25) is 4.90 Å². The molecule has 1 aromatic carbocycles. The van der Waals surface area contributed by atoms with Crippen molar-refractivity contribution < 1.29 is 8.42 Å². The van der Waals surface area contributed by atoms with E-state index in [0.717, 1.165) is 38.0 Å². The summed E-state index contributed by atoms with van der Waals surface area (Å²) >= 11 is 1.78. The molecule has 1 fully saturated rings. The average Bonchev–Trinajstić information content (AvgIpc) is 3.00. The van der Waals surface area contributed by atoms with E-state index in [1.807, 2.05) is 12.1 Å². The van der Waals surface area contributed by atoms with Crippen LogP contribution < -0.4 is 5.14 Å². The van der Waals surface area contributed by atoms with Crippen LogP contribution in [-0.2, 0) is 16.6 Å². The topological polar surface area (TPSA) is 63.4 Å². The second kappa shape index (κ2) is 6.50. The molecule has 1 aliphatic heterocycles. The van der Waals surface area contributed by atoms with Crippen LogP contribution in [0.4, 0.5) is 0 Å². The van der Waals surface area contributed by atoms with Crippen LogP contribution in [0.3, 0.4) is 0 Å². The van der Waals surface area contributed by atoms with E-state index in [4.69, 9.17) is 5.14 Å². The third-order valence-electron chi connectivity index (χ3n) is 4.21. The third-order valence-corrected chi connectivity index (χ3v) is 6.06. The fraction of sp³-hybridized carbons (Fsp3) is 0.375. The fourth-order valence-electron chi connectivity index (χ4n) is 3.10. The maximum Gasteiger partial charge on any atom is 0.238 e. The highest BCUT2D eigenvalue weighted by Crippen LogP contribution is 2.32. The Morgan fingerprint density at radius 3 is 2.50 bits per heavy atom. The number of primary sulfonamides is 1. The predicted octanol–water partition coefficient (Wildman–Crippen LogP) is 2.78. The second-order valence-electron chi connectivity index (χ2n) is 5.71. The van der Waals surface area contributed by atoms with Crippen LogP contribution in [-0.4, -0.2) is 26.4 Å². The standard InChI is InChI=1S/C16H20N2O2S2/c17-22(19,20)16-6-2-1-5-15(16)13-7-9-18(10-8-13)12-14-4-3-11-21-14/h1-6,11,13H,7-10,12H2,(H2,17,19,20). The van der Waals surface area contributed by atoms with E-state index in [1.165, 1.54) is 4.88 Å². The summed E-state index contributed by atoms with van der Waals surface area (Å²) in [7, 11) is -3.65. The number of nitrogens with zero attached hydrogens (tertiary/aromatic N) is 1. The summed E-state index contributed by atoms with van der Waals surface area (Å²) in [6.07, 6.45) is 1.94. The first-order chi connectivity index (χ1) is 10.5. The quantitative estimate of drug-likeness (QED) is 0.934. The molecule has 1 aromatic heterocycles. The van der Waals surface area contributed by atoms with E-state index in [0.29, 0.717) is 0 Å². The van der Waals surface area contributed by atoms with Gasteiger partial charge in [0.1, 0.15) is 0 Å². The van der Waals surface area contributed by atoms with Crippen molar-refractivity contribution in [2.24, 2.45) is 5.14 Å². The Labute approximate surface area is 135 Å². The fourth-order valence-corrected chi connectivity index (χ4v) is 4.68. The van der Waals surface area contributed by atoms with Gasteiger partial charge in [-0.05, 0) is 54.9 Å². The van der Waals surface area contributed by atoms with E-state index in [1.54, 1.807) is 23.5 Å². The molecule has 2 aromatic rings. The zero-order chi connectivity index (χ0) is 15.6. The third kappa shape index (κ3) is 3.57. The van der Waals surface area contributed by atoms with Crippen LogP contribution in [0.25, 0.3) is 0 Å². The summed E-state index contributed by atoms with van der Waals surface area (Å²) in [5, 5.41) is 7.45. The predicted molar refractivity (Wildman–Crippen MR) is 89.4 cm³/mol. The largest absolute Gasteiger partial charge is 0.298 e. The molecule has 0 radical (unpaired) electrons. The van der Waals surface area contributed by atoms with Crippen molar-refractivity contribution in [1.82, 2.24) is 4.90 Å². The molecule has 0 saturated carbocycles. The van der Waals surface area contributed by atoms with Gasteiger partial charge in [0, 0.05) is 11.4 Å². The Morgan fingerprint density at radius 1 is 1.14 bits per heavy atom. The van der Waals surface area contributed by atoms with Gasteiger partial charge >= 0.3 is 0 Å². The van der Waals surface area contributed by atoms with Crippen molar-refractivity contribution in [2.75, 3.05) is 13.1 Å². The van der Waals surface area contributed by atoms with Gasteiger partial charge in [-0.15, -0.1) is 11.3 Å². The summed E-state index contributed by atoms with van der Waals surface area (Å²) in [6.45, 7) is 2.96. The number of thiophene rings is 1. The van der Waals surface area contributed by atoms with Crippen LogP contribution in [0, 0.1) is 0 Å². The molecule has 2 N–H and O–H groups in total. The van der Waals surface area contributed by atoms with Gasteiger partial charge in [0.25, 0.3) is 0 Å². The van der Waals surface area contributed by atoms with Gasteiger partial charge in [-0.25, -0.2) is 13.6 Å². The number of hydrogen-bond donors (Lipinski definition) is 1. The van der Waals surface area contributed by atoms with Gasteiger partial charge in [0.05, 0.1) is 4.90 Å². The molecule has 0 unspecified atom stereocenters. The number of nitrogens with two attached hydrogens (primary N) is 1. The smallest absolute Gasteiger partial charge is 0.238 e. The molecule has 3 rings (SSSR count). The number of likely N-dealkylation sites (tertiary alicyclic amines) is 1. The first kappa shape index (κ1) is 15.7. The van der Waals surface area contributed by atoms with E-state index < -0.39 is 10.0 Å². The van der Waals surface area contributed by atoms with Crippen LogP contribution >= 0.6 is 11.3 Å². The molecule has 0 aliphatic carbocycles. The van der Waals surface area contributed by atoms with Crippen LogP contribution in [0.5, 0.6) is 0 Å². The Kier molecular flexibility index (Phi) is 4.63. The van der Waals surface area contributed by atoms with E-state index in [9.17, 15) is 8.42 Å². The Hall–Kier alpha value is -1.21. The van der Waals surface area contributed by atoms with Crippen molar-refractivity contribution in [2.45, 2.75) is 30.2 Å². The van der Waals surface area contributed by atoms with E-state index in [-0.39, 0.29) is 10.8 Å². The van der Waals surface area contributed by atoms with Crippen LogP contribution in [0.2, 0.25) is 0 Å². The minimum Gasteiger partial charge on any atom is -0.298 e. The Morgan fingerprint density at radius 2 is 1.86 bits per heavy atom. The Balaban J connectivity index is 1.69. The lowest BCUT2D eigenvalue weighted by atomic mass is 9.89. The molecule has 22 heavy (non-hydrogen) atoms. The first-order valence-corrected chi connectivity index (χ1v) is 9.83. The summed E-state index contributed by atoms with van der Waals surface area (Å²) < 4.78 is 23.5. The number of piperidine rings is 1. The summed E-state index contributed by atoms with van der Waals surface area (Å²) in [4.78, 5) is 4.09. The lowest BCUT2D eigenvalue weighted by Gasteiger charge is -2.32. The van der Waals surface area contributed by atoms with Crippen molar-refractivity contribution in [3.05, 3.63) is 52.2 Å². The molecular weight excluding hydrogens is 316 g/mol. The zero-order valence-electron chi connectivity index (χ0n) is 12.3. The number of hydrogen-bond acceptors (Lipinski definition) is 4. The van der Waals surface area contributed by atoms with Gasteiger partial charge in [-0.1, -0.05) is 24.3 Å². The summed E-state index contributed by atoms with van der Waals surface area (Å²) in [5.74, 6) is 0.272. The molecule has 2 heterocycles. The van der Waals surface area contributed by atoms with Gasteiger partial charge in [-0.2, -0.15) is 0 Å². The van der Waals surface area contributed by atoms with Crippen molar-refractivity contribution in [3.63, 3.8) is 0 Å². The van der Waals surface area contributed by atoms with Crippen LogP contribution in [0.1, 0.15) is 29.2 Å². The van der Waals surface area contributed by atoms with E-state index >= 15 is 0 Å². The molecule has 0 amide bonds. The molecule has 1 saturated heterocycles. The van der Waals surface area contributed by atoms with Gasteiger partial charge in [0.15, 0.2) is 0 Å². The molecule has 0 spiro atoms. The highest BCUT2D eigenvalue weighted by Gasteiger charge is 2.25. The average molecular weight is 336 g/mol. The minimum absolute atomic E-state index is 0.272. The second-order valence-corrected chi connectivity index (χ2v) is 8.27. The lowest BCUT2D eigenvalue weighted by Crippen LogP contribution is -2.32. The number of sulfonamides is 1.